The number of carbonyl (C=O) groups is 1. The van der Waals surface area contributed by atoms with E-state index in [0.717, 1.165) is 11.3 Å². The topological polar surface area (TPSA) is 51.2 Å². The molecular weight excluding hydrogens is 240 g/mol. The maximum atomic E-state index is 11.5. The normalized spacial score (nSPS) is 10.1. The SMILES string of the molecule is COC(=O)c1ccnc(Nc2ccc(C)cc2C)c1. The van der Waals surface area contributed by atoms with Crippen molar-refractivity contribution >= 4 is 17.5 Å². The molecule has 0 aliphatic rings. The fourth-order valence-electron chi connectivity index (χ4n) is 1.84. The molecule has 0 aliphatic heterocycles. The molecule has 0 aliphatic carbocycles. The highest BCUT2D eigenvalue weighted by molar-refractivity contribution is 5.90. The minimum atomic E-state index is -0.369. The molecule has 0 spiro atoms. The molecule has 1 heterocycles. The maximum absolute atomic E-state index is 11.5. The summed E-state index contributed by atoms with van der Waals surface area (Å²) >= 11 is 0. The van der Waals surface area contributed by atoms with Crippen LogP contribution in [0.5, 0.6) is 0 Å². The third-order valence-electron chi connectivity index (χ3n) is 2.83. The zero-order valence-electron chi connectivity index (χ0n) is 11.2. The summed E-state index contributed by atoms with van der Waals surface area (Å²) in [4.78, 5) is 15.6. The number of anilines is 2. The number of hydrogen-bond acceptors (Lipinski definition) is 4. The van der Waals surface area contributed by atoms with Gasteiger partial charge in [0.1, 0.15) is 5.82 Å². The van der Waals surface area contributed by atoms with Crippen molar-refractivity contribution in [3.63, 3.8) is 0 Å². The first-order chi connectivity index (χ1) is 9.10. The number of esters is 1. The van der Waals surface area contributed by atoms with Crippen molar-refractivity contribution < 1.29 is 9.53 Å². The van der Waals surface area contributed by atoms with Crippen LogP contribution in [-0.2, 0) is 4.74 Å². The first kappa shape index (κ1) is 13.1. The molecule has 19 heavy (non-hydrogen) atoms. The average Bonchev–Trinajstić information content (AvgIpc) is 2.41. The van der Waals surface area contributed by atoms with Crippen LogP contribution >= 0.6 is 0 Å². The van der Waals surface area contributed by atoms with Crippen LogP contribution in [0.3, 0.4) is 0 Å². The van der Waals surface area contributed by atoms with E-state index in [1.165, 1.54) is 12.7 Å². The van der Waals surface area contributed by atoms with Gasteiger partial charge in [-0.3, -0.25) is 0 Å². The molecule has 0 saturated carbocycles. The Bertz CT molecular complexity index is 609. The molecule has 4 heteroatoms. The Balaban J connectivity index is 2.26. The van der Waals surface area contributed by atoms with Gasteiger partial charge in [-0.05, 0) is 37.6 Å². The van der Waals surface area contributed by atoms with Crippen LogP contribution in [0.25, 0.3) is 0 Å². The summed E-state index contributed by atoms with van der Waals surface area (Å²) in [6.07, 6.45) is 1.58. The van der Waals surface area contributed by atoms with Crippen molar-refractivity contribution in [3.8, 4) is 0 Å². The largest absolute Gasteiger partial charge is 0.465 e. The molecule has 1 aromatic heterocycles. The Hall–Kier alpha value is -2.36. The lowest BCUT2D eigenvalue weighted by Gasteiger charge is -2.10. The molecule has 0 atom stereocenters. The van der Waals surface area contributed by atoms with E-state index in [2.05, 4.69) is 21.1 Å². The lowest BCUT2D eigenvalue weighted by Crippen LogP contribution is -2.03. The zero-order valence-corrected chi connectivity index (χ0v) is 11.2. The first-order valence-corrected chi connectivity index (χ1v) is 5.99. The lowest BCUT2D eigenvalue weighted by atomic mass is 10.1. The van der Waals surface area contributed by atoms with Crippen LogP contribution in [0.1, 0.15) is 21.5 Å². The molecule has 0 bridgehead atoms. The second kappa shape index (κ2) is 5.52. The van der Waals surface area contributed by atoms with Crippen molar-refractivity contribution in [1.82, 2.24) is 4.98 Å². The number of pyridine rings is 1. The van der Waals surface area contributed by atoms with Gasteiger partial charge in [-0.1, -0.05) is 17.7 Å². The number of hydrogen-bond donors (Lipinski definition) is 1. The highest BCUT2D eigenvalue weighted by Gasteiger charge is 2.07. The van der Waals surface area contributed by atoms with Crippen molar-refractivity contribution in [1.29, 1.82) is 0 Å². The van der Waals surface area contributed by atoms with Gasteiger partial charge in [-0.2, -0.15) is 0 Å². The third kappa shape index (κ3) is 3.10. The number of benzene rings is 1. The number of nitrogens with zero attached hydrogens (tertiary/aromatic N) is 1. The van der Waals surface area contributed by atoms with E-state index in [9.17, 15) is 4.79 Å². The quantitative estimate of drug-likeness (QED) is 0.857. The molecule has 98 valence electrons. The number of aromatic nitrogens is 1. The molecule has 1 aromatic carbocycles. The predicted molar refractivity (Wildman–Crippen MR) is 74.8 cm³/mol. The summed E-state index contributed by atoms with van der Waals surface area (Å²) in [5.74, 6) is 0.251. The maximum Gasteiger partial charge on any atom is 0.338 e. The van der Waals surface area contributed by atoms with Crippen LogP contribution < -0.4 is 5.32 Å². The van der Waals surface area contributed by atoms with Gasteiger partial charge in [0, 0.05) is 11.9 Å². The number of aryl methyl sites for hydroxylation is 2. The monoisotopic (exact) mass is 256 g/mol. The Morgan fingerprint density at radius 3 is 2.68 bits per heavy atom. The van der Waals surface area contributed by atoms with E-state index in [-0.39, 0.29) is 5.97 Å². The van der Waals surface area contributed by atoms with Crippen LogP contribution in [0.4, 0.5) is 11.5 Å². The summed E-state index contributed by atoms with van der Waals surface area (Å²) in [6.45, 7) is 4.08. The van der Waals surface area contributed by atoms with Gasteiger partial charge >= 0.3 is 5.97 Å². The number of nitrogens with one attached hydrogen (secondary N) is 1. The third-order valence-corrected chi connectivity index (χ3v) is 2.83. The Morgan fingerprint density at radius 1 is 1.21 bits per heavy atom. The van der Waals surface area contributed by atoms with Gasteiger partial charge in [0.25, 0.3) is 0 Å². The summed E-state index contributed by atoms with van der Waals surface area (Å²) < 4.78 is 4.69. The number of methoxy groups -OCH3 is 1. The lowest BCUT2D eigenvalue weighted by molar-refractivity contribution is 0.0600. The molecule has 0 amide bonds. The number of carbonyl (C=O) groups excluding carboxylic acids is 1. The highest BCUT2D eigenvalue weighted by Crippen LogP contribution is 2.20. The number of ether oxygens (including phenoxy) is 1. The van der Waals surface area contributed by atoms with Gasteiger partial charge < -0.3 is 10.1 Å². The van der Waals surface area contributed by atoms with E-state index in [1.54, 1.807) is 18.3 Å². The van der Waals surface area contributed by atoms with Gasteiger partial charge in [0.2, 0.25) is 0 Å². The fourth-order valence-corrected chi connectivity index (χ4v) is 1.84. The van der Waals surface area contributed by atoms with Crippen molar-refractivity contribution in [3.05, 3.63) is 53.2 Å². The fraction of sp³-hybridized carbons (Fsp3) is 0.200. The molecule has 2 rings (SSSR count). The van der Waals surface area contributed by atoms with E-state index < -0.39 is 0 Å². The molecule has 0 radical (unpaired) electrons. The molecule has 2 aromatic rings. The standard InChI is InChI=1S/C15H16N2O2/c1-10-4-5-13(11(2)8-10)17-14-9-12(6-7-16-14)15(18)19-3/h4-9H,1-3H3,(H,16,17). The van der Waals surface area contributed by atoms with Gasteiger partial charge in [-0.15, -0.1) is 0 Å². The predicted octanol–water partition coefficient (Wildman–Crippen LogP) is 3.23. The molecule has 0 unspecified atom stereocenters. The summed E-state index contributed by atoms with van der Waals surface area (Å²) in [7, 11) is 1.36. The van der Waals surface area contributed by atoms with E-state index >= 15 is 0 Å². The second-order valence-corrected chi connectivity index (χ2v) is 4.36. The smallest absolute Gasteiger partial charge is 0.338 e. The molecule has 0 fully saturated rings. The first-order valence-electron chi connectivity index (χ1n) is 5.99. The molecule has 1 N–H and O–H groups in total. The summed E-state index contributed by atoms with van der Waals surface area (Å²) in [6, 6.07) is 9.41. The summed E-state index contributed by atoms with van der Waals surface area (Å²) in [5, 5.41) is 3.20. The van der Waals surface area contributed by atoms with Crippen molar-refractivity contribution in [2.24, 2.45) is 0 Å². The van der Waals surface area contributed by atoms with Crippen LogP contribution in [-0.4, -0.2) is 18.1 Å². The van der Waals surface area contributed by atoms with Crippen molar-refractivity contribution in [2.45, 2.75) is 13.8 Å². The minimum absolute atomic E-state index is 0.369. The van der Waals surface area contributed by atoms with Crippen molar-refractivity contribution in [2.75, 3.05) is 12.4 Å². The molecule has 0 saturated heterocycles. The Morgan fingerprint density at radius 2 is 2.00 bits per heavy atom. The Labute approximate surface area is 112 Å². The van der Waals surface area contributed by atoms with E-state index in [1.807, 2.05) is 26.0 Å². The highest BCUT2D eigenvalue weighted by atomic mass is 16.5. The summed E-state index contributed by atoms with van der Waals surface area (Å²) in [5.41, 5.74) is 3.79. The van der Waals surface area contributed by atoms with Crippen LogP contribution in [0, 0.1) is 13.8 Å². The van der Waals surface area contributed by atoms with Gasteiger partial charge in [0.05, 0.1) is 12.7 Å². The van der Waals surface area contributed by atoms with Crippen LogP contribution in [0.2, 0.25) is 0 Å². The second-order valence-electron chi connectivity index (χ2n) is 4.36. The number of rotatable bonds is 3. The van der Waals surface area contributed by atoms with E-state index in [4.69, 9.17) is 0 Å². The van der Waals surface area contributed by atoms with Gasteiger partial charge in [-0.25, -0.2) is 9.78 Å². The minimum Gasteiger partial charge on any atom is -0.465 e. The molecule has 4 nitrogen and oxygen atoms in total. The Kier molecular flexibility index (Phi) is 3.80. The van der Waals surface area contributed by atoms with E-state index in [0.29, 0.717) is 11.4 Å². The van der Waals surface area contributed by atoms with Gasteiger partial charge in [0.15, 0.2) is 0 Å². The van der Waals surface area contributed by atoms with Crippen LogP contribution in [0.15, 0.2) is 36.5 Å². The molecular formula is C15H16N2O2. The zero-order chi connectivity index (χ0) is 13.8. The average molecular weight is 256 g/mol.